The number of thioether (sulfide) groups is 1. The van der Waals surface area contributed by atoms with Crippen molar-refractivity contribution in [2.24, 2.45) is 0 Å². The summed E-state index contributed by atoms with van der Waals surface area (Å²) in [5, 5.41) is 8.96. The Labute approximate surface area is 118 Å². The fourth-order valence-electron chi connectivity index (χ4n) is 1.48. The van der Waals surface area contributed by atoms with Crippen molar-refractivity contribution in [3.63, 3.8) is 0 Å². The van der Waals surface area contributed by atoms with E-state index in [2.05, 4.69) is 22.0 Å². The molecule has 0 amide bonds. The van der Waals surface area contributed by atoms with Crippen LogP contribution >= 0.6 is 27.7 Å². The summed E-state index contributed by atoms with van der Waals surface area (Å²) < 4.78 is 14.2. The van der Waals surface area contributed by atoms with Gasteiger partial charge in [-0.05, 0) is 48.0 Å². The van der Waals surface area contributed by atoms with Crippen LogP contribution < -0.4 is 0 Å². The molecule has 0 unspecified atom stereocenters. The van der Waals surface area contributed by atoms with E-state index >= 15 is 0 Å². The van der Waals surface area contributed by atoms with Crippen molar-refractivity contribution in [2.75, 3.05) is 0 Å². The molecule has 0 aliphatic carbocycles. The predicted octanol–water partition coefficient (Wildman–Crippen LogP) is 4.75. The molecular weight excluding hydrogens is 313 g/mol. The maximum Gasteiger partial charge on any atom is 0.123 e. The van der Waals surface area contributed by atoms with Crippen molar-refractivity contribution in [1.82, 2.24) is 0 Å². The molecule has 0 aromatic heterocycles. The molecule has 90 valence electrons. The SMILES string of the molecule is N#Cc1ccc(F)cc1CSc1ccc(Br)cc1. The van der Waals surface area contributed by atoms with Crippen LogP contribution in [0.15, 0.2) is 51.8 Å². The Morgan fingerprint density at radius 2 is 1.89 bits per heavy atom. The Balaban J connectivity index is 2.13. The van der Waals surface area contributed by atoms with Gasteiger partial charge in [0.25, 0.3) is 0 Å². The number of hydrogen-bond donors (Lipinski definition) is 0. The summed E-state index contributed by atoms with van der Waals surface area (Å²) in [6.45, 7) is 0. The zero-order valence-corrected chi connectivity index (χ0v) is 11.8. The maximum absolute atomic E-state index is 13.1. The number of rotatable bonds is 3. The highest BCUT2D eigenvalue weighted by molar-refractivity contribution is 9.10. The maximum atomic E-state index is 13.1. The Morgan fingerprint density at radius 1 is 1.17 bits per heavy atom. The third-order valence-electron chi connectivity index (χ3n) is 2.40. The zero-order valence-electron chi connectivity index (χ0n) is 9.36. The van der Waals surface area contributed by atoms with Gasteiger partial charge < -0.3 is 0 Å². The summed E-state index contributed by atoms with van der Waals surface area (Å²) in [5.74, 6) is 0.280. The van der Waals surface area contributed by atoms with Crippen LogP contribution in [0.4, 0.5) is 4.39 Å². The Kier molecular flexibility index (Phi) is 4.40. The minimum Gasteiger partial charge on any atom is -0.207 e. The molecule has 0 N–H and O–H groups in total. The molecule has 2 aromatic carbocycles. The van der Waals surface area contributed by atoms with Gasteiger partial charge in [0.05, 0.1) is 11.6 Å². The largest absolute Gasteiger partial charge is 0.207 e. The Hall–Kier alpha value is -1.31. The van der Waals surface area contributed by atoms with E-state index in [1.54, 1.807) is 11.8 Å². The first-order valence-electron chi connectivity index (χ1n) is 5.26. The molecule has 0 aliphatic heterocycles. The number of benzene rings is 2. The van der Waals surface area contributed by atoms with Gasteiger partial charge in [0, 0.05) is 15.1 Å². The predicted molar refractivity (Wildman–Crippen MR) is 74.8 cm³/mol. The van der Waals surface area contributed by atoms with Crippen LogP contribution in [0.5, 0.6) is 0 Å². The molecule has 0 heterocycles. The number of hydrogen-bond acceptors (Lipinski definition) is 2. The van der Waals surface area contributed by atoms with E-state index in [4.69, 9.17) is 5.26 Å². The van der Waals surface area contributed by atoms with Crippen molar-refractivity contribution in [1.29, 1.82) is 5.26 Å². The van der Waals surface area contributed by atoms with E-state index in [0.29, 0.717) is 11.3 Å². The first kappa shape index (κ1) is 13.1. The zero-order chi connectivity index (χ0) is 13.0. The Morgan fingerprint density at radius 3 is 2.56 bits per heavy atom. The molecule has 0 aliphatic rings. The van der Waals surface area contributed by atoms with Gasteiger partial charge in [0.1, 0.15) is 5.82 Å². The van der Waals surface area contributed by atoms with Crippen molar-refractivity contribution in [3.8, 4) is 6.07 Å². The van der Waals surface area contributed by atoms with Crippen LogP contribution in [-0.2, 0) is 5.75 Å². The molecule has 0 saturated carbocycles. The molecule has 2 rings (SSSR count). The second kappa shape index (κ2) is 6.03. The van der Waals surface area contributed by atoms with Gasteiger partial charge in [-0.1, -0.05) is 15.9 Å². The number of nitriles is 1. The summed E-state index contributed by atoms with van der Waals surface area (Å²) in [4.78, 5) is 1.09. The molecule has 0 spiro atoms. The summed E-state index contributed by atoms with van der Waals surface area (Å²) in [6.07, 6.45) is 0. The van der Waals surface area contributed by atoms with Gasteiger partial charge in [-0.25, -0.2) is 4.39 Å². The minimum absolute atomic E-state index is 0.305. The van der Waals surface area contributed by atoms with E-state index in [1.807, 2.05) is 24.3 Å². The van der Waals surface area contributed by atoms with Gasteiger partial charge in [-0.15, -0.1) is 11.8 Å². The van der Waals surface area contributed by atoms with Gasteiger partial charge in [-0.3, -0.25) is 0 Å². The lowest BCUT2D eigenvalue weighted by Gasteiger charge is -2.04. The second-order valence-electron chi connectivity index (χ2n) is 3.66. The van der Waals surface area contributed by atoms with Crippen LogP contribution in [0.1, 0.15) is 11.1 Å². The second-order valence-corrected chi connectivity index (χ2v) is 5.62. The van der Waals surface area contributed by atoms with Crippen LogP contribution in [0.25, 0.3) is 0 Å². The molecule has 1 nitrogen and oxygen atoms in total. The van der Waals surface area contributed by atoms with Crippen LogP contribution in [0.2, 0.25) is 0 Å². The van der Waals surface area contributed by atoms with E-state index in [1.165, 1.54) is 18.2 Å². The van der Waals surface area contributed by atoms with Gasteiger partial charge in [0.2, 0.25) is 0 Å². The lowest BCUT2D eigenvalue weighted by molar-refractivity contribution is 0.626. The molecule has 0 saturated heterocycles. The van der Waals surface area contributed by atoms with Crippen LogP contribution in [0.3, 0.4) is 0 Å². The number of nitrogens with zero attached hydrogens (tertiary/aromatic N) is 1. The topological polar surface area (TPSA) is 23.8 Å². The van der Waals surface area contributed by atoms with Crippen molar-refractivity contribution in [2.45, 2.75) is 10.6 Å². The summed E-state index contributed by atoms with van der Waals surface area (Å²) in [6, 6.07) is 14.2. The fourth-order valence-corrected chi connectivity index (χ4v) is 2.64. The fraction of sp³-hybridized carbons (Fsp3) is 0.0714. The number of halogens is 2. The molecular formula is C14H9BrFNS. The molecule has 0 fully saturated rings. The third kappa shape index (κ3) is 3.34. The molecule has 18 heavy (non-hydrogen) atoms. The normalized spacial score (nSPS) is 10.1. The lowest BCUT2D eigenvalue weighted by Crippen LogP contribution is -1.89. The highest BCUT2D eigenvalue weighted by atomic mass is 79.9. The molecule has 0 atom stereocenters. The van der Waals surface area contributed by atoms with Crippen molar-refractivity contribution < 1.29 is 4.39 Å². The first-order valence-corrected chi connectivity index (χ1v) is 7.04. The molecule has 0 bridgehead atoms. The lowest BCUT2D eigenvalue weighted by atomic mass is 10.1. The summed E-state index contributed by atoms with van der Waals surface area (Å²) >= 11 is 4.95. The molecule has 4 heteroatoms. The molecule has 2 aromatic rings. The van der Waals surface area contributed by atoms with Crippen LogP contribution in [-0.4, -0.2) is 0 Å². The minimum atomic E-state index is -0.305. The van der Waals surface area contributed by atoms with E-state index in [9.17, 15) is 4.39 Å². The highest BCUT2D eigenvalue weighted by Gasteiger charge is 2.04. The van der Waals surface area contributed by atoms with Crippen LogP contribution in [0, 0.1) is 17.1 Å². The quantitative estimate of drug-likeness (QED) is 0.761. The Bertz CT molecular complexity index is 590. The van der Waals surface area contributed by atoms with Gasteiger partial charge in [0.15, 0.2) is 0 Å². The van der Waals surface area contributed by atoms with Gasteiger partial charge in [-0.2, -0.15) is 5.26 Å². The first-order chi connectivity index (χ1) is 8.69. The average Bonchev–Trinajstić information content (AvgIpc) is 2.38. The highest BCUT2D eigenvalue weighted by Crippen LogP contribution is 2.26. The third-order valence-corrected chi connectivity index (χ3v) is 3.99. The van der Waals surface area contributed by atoms with E-state index in [-0.39, 0.29) is 5.82 Å². The van der Waals surface area contributed by atoms with Gasteiger partial charge >= 0.3 is 0 Å². The summed E-state index contributed by atoms with van der Waals surface area (Å²) in [5.41, 5.74) is 1.26. The smallest absolute Gasteiger partial charge is 0.123 e. The monoisotopic (exact) mass is 321 g/mol. The van der Waals surface area contributed by atoms with Crippen molar-refractivity contribution >= 4 is 27.7 Å². The van der Waals surface area contributed by atoms with E-state index < -0.39 is 0 Å². The standard InChI is InChI=1S/C14H9BrFNS/c15-12-2-5-14(6-3-12)18-9-11-7-13(16)4-1-10(11)8-17/h1-7H,9H2. The summed E-state index contributed by atoms with van der Waals surface area (Å²) in [7, 11) is 0. The van der Waals surface area contributed by atoms with E-state index in [0.717, 1.165) is 14.9 Å². The average molecular weight is 322 g/mol. The molecule has 0 radical (unpaired) electrons. The van der Waals surface area contributed by atoms with Crippen molar-refractivity contribution in [3.05, 3.63) is 63.9 Å².